The molecule has 0 fully saturated rings. The zero-order valence-corrected chi connectivity index (χ0v) is 16.3. The Morgan fingerprint density at radius 2 is 1.65 bits per heavy atom. The van der Waals surface area contributed by atoms with E-state index in [0.717, 1.165) is 18.4 Å². The van der Waals surface area contributed by atoms with E-state index in [2.05, 4.69) is 66.8 Å². The summed E-state index contributed by atoms with van der Waals surface area (Å²) in [5, 5.41) is 4.00. The number of rotatable bonds is 6. The molecule has 0 aromatic heterocycles. The maximum atomic E-state index is 12.2. The van der Waals surface area contributed by atoms with E-state index in [1.807, 2.05) is 19.1 Å². The third-order valence-corrected chi connectivity index (χ3v) is 7.73. The Labute approximate surface area is 156 Å². The van der Waals surface area contributed by atoms with Gasteiger partial charge < -0.3 is 0 Å². The van der Waals surface area contributed by atoms with Gasteiger partial charge in [0.2, 0.25) is 0 Å². The normalized spacial score (nSPS) is 15.5. The monoisotopic (exact) mass is 364 g/mol. The van der Waals surface area contributed by atoms with Gasteiger partial charge in [-0.1, -0.05) is 0 Å². The summed E-state index contributed by atoms with van der Waals surface area (Å²) in [4.78, 5) is 12.2. The topological polar surface area (TPSA) is 26.3 Å². The van der Waals surface area contributed by atoms with E-state index >= 15 is 0 Å². The van der Waals surface area contributed by atoms with E-state index in [1.54, 1.807) is 6.08 Å². The summed E-state index contributed by atoms with van der Waals surface area (Å²) < 4.78 is 5.28. The summed E-state index contributed by atoms with van der Waals surface area (Å²) in [6.45, 7) is 2.47. The Hall–Kier alpha value is -2.44. The summed E-state index contributed by atoms with van der Waals surface area (Å²) in [6, 6.07) is 21.3. The molecule has 0 radical (unpaired) electrons. The van der Waals surface area contributed by atoms with Crippen LogP contribution < -0.4 is 10.6 Å². The molecular weight excluding hydrogens is 339 g/mol. The van der Waals surface area contributed by atoms with Crippen LogP contribution in [0.15, 0.2) is 95.9 Å². The molecule has 0 saturated heterocycles. The number of carbonyl (C=O) groups is 1. The van der Waals surface area contributed by atoms with Crippen LogP contribution in [0.4, 0.5) is 0 Å². The van der Waals surface area contributed by atoms with Crippen molar-refractivity contribution in [2.24, 2.45) is 0 Å². The van der Waals surface area contributed by atoms with Crippen LogP contribution in [0.5, 0.6) is 0 Å². The molecule has 0 aliphatic heterocycles. The molecule has 2 aromatic rings. The van der Waals surface area contributed by atoms with Crippen molar-refractivity contribution in [3.63, 3.8) is 0 Å². The molecule has 0 heterocycles. The van der Waals surface area contributed by atoms with E-state index in [1.165, 1.54) is 15.9 Å². The molecular formula is C23H25O2P. The van der Waals surface area contributed by atoms with Crippen LogP contribution in [0.1, 0.15) is 19.8 Å². The van der Waals surface area contributed by atoms with Gasteiger partial charge in [0.05, 0.1) is 0 Å². The van der Waals surface area contributed by atoms with Gasteiger partial charge in [0, 0.05) is 0 Å². The van der Waals surface area contributed by atoms with Crippen molar-refractivity contribution in [1.82, 2.24) is 0 Å². The molecule has 0 spiro atoms. The number of ether oxygens (including phenoxy) is 1. The van der Waals surface area contributed by atoms with Crippen molar-refractivity contribution < 1.29 is 9.53 Å². The van der Waals surface area contributed by atoms with Crippen LogP contribution >= 0.6 is 7.92 Å². The standard InChI is InChI=1S/C23H25O2P/c1-2-17-25-23(24)18-19-11-9-10-16-22(19)26(20-12-5-3-6-13-20)21-14-7-4-8-15-21/h3-10,12-16,18H,2,11,17,26H2,1H3. The third kappa shape index (κ3) is 4.59. The second-order valence-electron chi connectivity index (χ2n) is 6.35. The van der Waals surface area contributed by atoms with E-state index < -0.39 is 7.92 Å². The first kappa shape index (κ1) is 18.4. The minimum atomic E-state index is -1.64. The van der Waals surface area contributed by atoms with Gasteiger partial charge in [-0.2, -0.15) is 0 Å². The number of carbonyl (C=O) groups excluding carboxylic acids is 1. The third-order valence-electron chi connectivity index (χ3n) is 4.44. The molecule has 0 unspecified atom stereocenters. The van der Waals surface area contributed by atoms with Gasteiger partial charge in [0.15, 0.2) is 0 Å². The van der Waals surface area contributed by atoms with Crippen molar-refractivity contribution >= 4 is 24.5 Å². The molecule has 1 aliphatic carbocycles. The van der Waals surface area contributed by atoms with Gasteiger partial charge in [-0.15, -0.1) is 0 Å². The Morgan fingerprint density at radius 3 is 2.23 bits per heavy atom. The van der Waals surface area contributed by atoms with Crippen molar-refractivity contribution in [1.29, 1.82) is 0 Å². The quantitative estimate of drug-likeness (QED) is 0.434. The van der Waals surface area contributed by atoms with Crippen molar-refractivity contribution in [3.8, 4) is 0 Å². The van der Waals surface area contributed by atoms with Crippen LogP contribution in [0, 0.1) is 0 Å². The molecule has 1 aliphatic rings. The van der Waals surface area contributed by atoms with E-state index in [0.29, 0.717) is 6.61 Å². The summed E-state index contributed by atoms with van der Waals surface area (Å²) in [5.41, 5.74) is 1.08. The predicted octanol–water partition coefficient (Wildman–Crippen LogP) is 4.31. The van der Waals surface area contributed by atoms with Gasteiger partial charge >= 0.3 is 156 Å². The predicted molar refractivity (Wildman–Crippen MR) is 113 cm³/mol. The molecule has 0 N–H and O–H groups in total. The van der Waals surface area contributed by atoms with Gasteiger partial charge in [-0.3, -0.25) is 0 Å². The number of hydrogen-bond acceptors (Lipinski definition) is 2. The summed E-state index contributed by atoms with van der Waals surface area (Å²) in [6.07, 6.45) is 9.69. The van der Waals surface area contributed by atoms with Gasteiger partial charge in [0.1, 0.15) is 0 Å². The zero-order chi connectivity index (χ0) is 18.2. The van der Waals surface area contributed by atoms with Crippen molar-refractivity contribution in [2.45, 2.75) is 19.8 Å². The van der Waals surface area contributed by atoms with Crippen LogP contribution in [-0.2, 0) is 9.53 Å². The average Bonchev–Trinajstić information content (AvgIpc) is 2.69. The maximum absolute atomic E-state index is 12.2. The van der Waals surface area contributed by atoms with Crippen molar-refractivity contribution in [3.05, 3.63) is 95.9 Å². The Morgan fingerprint density at radius 1 is 1.04 bits per heavy atom. The van der Waals surface area contributed by atoms with Crippen LogP contribution in [0.2, 0.25) is 0 Å². The Balaban J connectivity index is 2.01. The molecule has 26 heavy (non-hydrogen) atoms. The molecule has 0 amide bonds. The van der Waals surface area contributed by atoms with Crippen LogP contribution in [-0.4, -0.2) is 12.6 Å². The van der Waals surface area contributed by atoms with Gasteiger partial charge in [0.25, 0.3) is 0 Å². The molecule has 2 nitrogen and oxygen atoms in total. The van der Waals surface area contributed by atoms with E-state index in [4.69, 9.17) is 4.74 Å². The molecule has 0 bridgehead atoms. The molecule has 0 atom stereocenters. The first-order valence-corrected chi connectivity index (χ1v) is 10.9. The summed E-state index contributed by atoms with van der Waals surface area (Å²) in [7, 11) is -1.64. The number of allylic oxidation sites excluding steroid dienone is 5. The van der Waals surface area contributed by atoms with Crippen LogP contribution in [0.3, 0.4) is 0 Å². The first-order valence-electron chi connectivity index (χ1n) is 9.14. The zero-order valence-electron chi connectivity index (χ0n) is 15.1. The Kier molecular flexibility index (Phi) is 6.57. The molecule has 3 rings (SSSR count). The SMILES string of the molecule is CCCOC(=O)C=C1CC=CC=C1[PH2](c1ccccc1)c1ccccc1. The number of hydrogen-bond donors (Lipinski definition) is 0. The second kappa shape index (κ2) is 9.31. The summed E-state index contributed by atoms with van der Waals surface area (Å²) in [5.74, 6) is -0.239. The fourth-order valence-corrected chi connectivity index (χ4v) is 6.44. The van der Waals surface area contributed by atoms with Crippen molar-refractivity contribution in [2.75, 3.05) is 6.61 Å². The van der Waals surface area contributed by atoms with E-state index in [9.17, 15) is 4.79 Å². The van der Waals surface area contributed by atoms with Gasteiger partial charge in [-0.25, -0.2) is 0 Å². The summed E-state index contributed by atoms with van der Waals surface area (Å²) >= 11 is 0. The number of benzene rings is 2. The second-order valence-corrected chi connectivity index (χ2v) is 9.17. The molecule has 3 heteroatoms. The molecule has 134 valence electrons. The fraction of sp³-hybridized carbons (Fsp3) is 0.174. The molecule has 0 saturated carbocycles. The fourth-order valence-electron chi connectivity index (χ4n) is 3.24. The average molecular weight is 364 g/mol. The Bertz CT molecular complexity index is 780. The van der Waals surface area contributed by atoms with Gasteiger partial charge in [-0.05, 0) is 0 Å². The van der Waals surface area contributed by atoms with Crippen LogP contribution in [0.25, 0.3) is 0 Å². The molecule has 2 aromatic carbocycles. The van der Waals surface area contributed by atoms with E-state index in [-0.39, 0.29) is 5.97 Å². The minimum absolute atomic E-state index is 0.239. The first-order chi connectivity index (χ1) is 12.8. The number of esters is 1.